The van der Waals surface area contributed by atoms with Crippen molar-refractivity contribution >= 4 is 17.2 Å². The Morgan fingerprint density at radius 3 is 2.74 bits per heavy atom. The molecule has 0 amide bonds. The van der Waals surface area contributed by atoms with Crippen molar-refractivity contribution in [3.8, 4) is 21.7 Å². The van der Waals surface area contributed by atoms with Gasteiger partial charge in [0.25, 0.3) is 0 Å². The molecule has 0 unspecified atom stereocenters. The van der Waals surface area contributed by atoms with E-state index >= 15 is 0 Å². The molecular weight excluding hydrogens is 254 g/mol. The van der Waals surface area contributed by atoms with Crippen LogP contribution in [-0.4, -0.2) is 10.2 Å². The summed E-state index contributed by atoms with van der Waals surface area (Å²) in [5, 5.41) is 9.38. The van der Waals surface area contributed by atoms with Crippen LogP contribution >= 0.6 is 11.3 Å². The molecule has 0 aliphatic rings. The number of hydrogen-bond donors (Lipinski definition) is 2. The number of thiophene rings is 1. The molecule has 4 heteroatoms. The van der Waals surface area contributed by atoms with Crippen LogP contribution < -0.4 is 5.73 Å². The number of nitrogens with zero attached hydrogens (tertiary/aromatic N) is 1. The van der Waals surface area contributed by atoms with Gasteiger partial charge in [0.1, 0.15) is 0 Å². The van der Waals surface area contributed by atoms with E-state index in [0.717, 1.165) is 23.2 Å². The van der Waals surface area contributed by atoms with E-state index in [0.29, 0.717) is 5.82 Å². The van der Waals surface area contributed by atoms with Crippen molar-refractivity contribution in [3.63, 3.8) is 0 Å². The van der Waals surface area contributed by atoms with Gasteiger partial charge in [-0.25, -0.2) is 0 Å². The quantitative estimate of drug-likeness (QED) is 0.756. The molecule has 1 aromatic carbocycles. The molecule has 96 valence electrons. The van der Waals surface area contributed by atoms with Crippen molar-refractivity contribution in [2.45, 2.75) is 13.3 Å². The SMILES string of the molecule is CCc1ccsc1-c1[nH]nc(N)c1-c1ccccc1. The summed E-state index contributed by atoms with van der Waals surface area (Å²) in [6.07, 6.45) is 1.01. The molecular formula is C15H15N3S. The Hall–Kier alpha value is -2.07. The highest BCUT2D eigenvalue weighted by Crippen LogP contribution is 2.38. The minimum atomic E-state index is 0.552. The molecule has 19 heavy (non-hydrogen) atoms. The Kier molecular flexibility index (Phi) is 3.09. The molecule has 0 aliphatic heterocycles. The summed E-state index contributed by atoms with van der Waals surface area (Å²) >= 11 is 1.72. The second kappa shape index (κ2) is 4.90. The first kappa shape index (κ1) is 12.0. The fourth-order valence-electron chi connectivity index (χ4n) is 2.25. The Balaban J connectivity index is 2.20. The molecule has 2 heterocycles. The number of aromatic amines is 1. The second-order valence-corrected chi connectivity index (χ2v) is 5.27. The minimum Gasteiger partial charge on any atom is -0.382 e. The third kappa shape index (κ3) is 2.04. The van der Waals surface area contributed by atoms with Crippen molar-refractivity contribution in [3.05, 3.63) is 47.3 Å². The molecule has 3 aromatic rings. The fourth-order valence-corrected chi connectivity index (χ4v) is 3.25. The third-order valence-electron chi connectivity index (χ3n) is 3.21. The molecule has 0 aliphatic carbocycles. The summed E-state index contributed by atoms with van der Waals surface area (Å²) in [5.41, 5.74) is 10.5. The minimum absolute atomic E-state index is 0.552. The Morgan fingerprint density at radius 1 is 1.21 bits per heavy atom. The molecule has 0 saturated carbocycles. The summed E-state index contributed by atoms with van der Waals surface area (Å²) in [6.45, 7) is 2.16. The highest BCUT2D eigenvalue weighted by molar-refractivity contribution is 7.13. The highest BCUT2D eigenvalue weighted by atomic mass is 32.1. The van der Waals surface area contributed by atoms with Gasteiger partial charge in [0.15, 0.2) is 5.82 Å². The molecule has 3 N–H and O–H groups in total. The Bertz CT molecular complexity index is 682. The summed E-state index contributed by atoms with van der Waals surface area (Å²) in [4.78, 5) is 1.23. The molecule has 0 bridgehead atoms. The van der Waals surface area contributed by atoms with Crippen LogP contribution in [0.1, 0.15) is 12.5 Å². The van der Waals surface area contributed by atoms with Gasteiger partial charge in [0, 0.05) is 0 Å². The first-order valence-electron chi connectivity index (χ1n) is 6.27. The first-order chi connectivity index (χ1) is 9.31. The number of aromatic nitrogens is 2. The van der Waals surface area contributed by atoms with E-state index in [2.05, 4.69) is 40.7 Å². The van der Waals surface area contributed by atoms with Gasteiger partial charge in [-0.05, 0) is 29.0 Å². The van der Waals surface area contributed by atoms with Crippen LogP contribution in [0.5, 0.6) is 0 Å². The van der Waals surface area contributed by atoms with Gasteiger partial charge in [-0.1, -0.05) is 37.3 Å². The highest BCUT2D eigenvalue weighted by Gasteiger charge is 2.17. The Morgan fingerprint density at radius 2 is 2.00 bits per heavy atom. The average Bonchev–Trinajstić information content (AvgIpc) is 3.05. The largest absolute Gasteiger partial charge is 0.382 e. The molecule has 3 nitrogen and oxygen atoms in total. The molecule has 0 spiro atoms. The predicted molar refractivity (Wildman–Crippen MR) is 81.1 cm³/mol. The molecule has 2 aromatic heterocycles. The normalized spacial score (nSPS) is 10.8. The van der Waals surface area contributed by atoms with Gasteiger partial charge < -0.3 is 5.73 Å². The number of nitrogens with one attached hydrogen (secondary N) is 1. The van der Waals surface area contributed by atoms with Crippen LogP contribution in [-0.2, 0) is 6.42 Å². The van der Waals surface area contributed by atoms with Crippen molar-refractivity contribution in [1.29, 1.82) is 0 Å². The molecule has 0 fully saturated rings. The van der Waals surface area contributed by atoms with Crippen LogP contribution in [0, 0.1) is 0 Å². The maximum Gasteiger partial charge on any atom is 0.153 e. The van der Waals surface area contributed by atoms with Crippen LogP contribution in [0.2, 0.25) is 0 Å². The summed E-state index contributed by atoms with van der Waals surface area (Å²) < 4.78 is 0. The van der Waals surface area contributed by atoms with E-state index in [1.165, 1.54) is 10.4 Å². The fraction of sp³-hybridized carbons (Fsp3) is 0.133. The monoisotopic (exact) mass is 269 g/mol. The predicted octanol–water partition coefficient (Wildman–Crippen LogP) is 3.95. The van der Waals surface area contributed by atoms with Gasteiger partial charge in [-0.15, -0.1) is 11.3 Å². The van der Waals surface area contributed by atoms with Crippen LogP contribution in [0.3, 0.4) is 0 Å². The smallest absolute Gasteiger partial charge is 0.153 e. The lowest BCUT2D eigenvalue weighted by Gasteiger charge is -2.04. The summed E-state index contributed by atoms with van der Waals surface area (Å²) in [5.74, 6) is 0.552. The number of H-pyrrole nitrogens is 1. The van der Waals surface area contributed by atoms with Crippen molar-refractivity contribution in [1.82, 2.24) is 10.2 Å². The molecule has 3 rings (SSSR count). The van der Waals surface area contributed by atoms with Crippen LogP contribution in [0.15, 0.2) is 41.8 Å². The van der Waals surface area contributed by atoms with Gasteiger partial charge in [-0.2, -0.15) is 5.10 Å². The second-order valence-electron chi connectivity index (χ2n) is 4.35. The third-order valence-corrected chi connectivity index (χ3v) is 4.19. The van der Waals surface area contributed by atoms with Crippen LogP contribution in [0.4, 0.5) is 5.82 Å². The topological polar surface area (TPSA) is 54.7 Å². The van der Waals surface area contributed by atoms with Crippen molar-refractivity contribution in [2.24, 2.45) is 0 Å². The molecule has 0 atom stereocenters. The number of nitrogen functional groups attached to an aromatic ring is 1. The first-order valence-corrected chi connectivity index (χ1v) is 7.15. The van der Waals surface area contributed by atoms with Gasteiger partial charge in [-0.3, -0.25) is 5.10 Å². The number of rotatable bonds is 3. The Labute approximate surface area is 116 Å². The standard InChI is InChI=1S/C15H15N3S/c1-2-10-8-9-19-14(10)13-12(15(16)18-17-13)11-6-4-3-5-7-11/h3-9H,2H2,1H3,(H3,16,17,18). The summed E-state index contributed by atoms with van der Waals surface area (Å²) in [6, 6.07) is 12.3. The number of aryl methyl sites for hydroxylation is 1. The maximum absolute atomic E-state index is 6.03. The van der Waals surface area contributed by atoms with Crippen LogP contribution in [0.25, 0.3) is 21.7 Å². The zero-order valence-electron chi connectivity index (χ0n) is 10.7. The lowest BCUT2D eigenvalue weighted by molar-refractivity contribution is 1.10. The van der Waals surface area contributed by atoms with E-state index in [-0.39, 0.29) is 0 Å². The van der Waals surface area contributed by atoms with Crippen molar-refractivity contribution in [2.75, 3.05) is 5.73 Å². The summed E-state index contributed by atoms with van der Waals surface area (Å²) in [7, 11) is 0. The molecule has 0 saturated heterocycles. The van der Waals surface area contributed by atoms with E-state index in [4.69, 9.17) is 5.73 Å². The van der Waals surface area contributed by atoms with Gasteiger partial charge in [0.2, 0.25) is 0 Å². The van der Waals surface area contributed by atoms with Gasteiger partial charge >= 0.3 is 0 Å². The zero-order valence-corrected chi connectivity index (χ0v) is 11.5. The number of nitrogens with two attached hydrogens (primary N) is 1. The maximum atomic E-state index is 6.03. The average molecular weight is 269 g/mol. The number of anilines is 1. The van der Waals surface area contributed by atoms with E-state index < -0.39 is 0 Å². The number of hydrogen-bond acceptors (Lipinski definition) is 3. The zero-order chi connectivity index (χ0) is 13.2. The number of benzene rings is 1. The lowest BCUT2D eigenvalue weighted by Crippen LogP contribution is -1.88. The van der Waals surface area contributed by atoms with E-state index in [1.54, 1.807) is 11.3 Å². The van der Waals surface area contributed by atoms with E-state index in [1.807, 2.05) is 18.2 Å². The van der Waals surface area contributed by atoms with Crippen molar-refractivity contribution < 1.29 is 0 Å². The lowest BCUT2D eigenvalue weighted by atomic mass is 10.0. The van der Waals surface area contributed by atoms with Gasteiger partial charge in [0.05, 0.1) is 16.1 Å². The molecule has 0 radical (unpaired) electrons. The van der Waals surface area contributed by atoms with E-state index in [9.17, 15) is 0 Å².